The van der Waals surface area contributed by atoms with Gasteiger partial charge in [0.15, 0.2) is 0 Å². The largest absolute Gasteiger partial charge is 0.463 e. The van der Waals surface area contributed by atoms with Gasteiger partial charge in [0, 0.05) is 6.42 Å². The number of hydrogen-bond acceptors (Lipinski definition) is 10. The topological polar surface area (TPSA) is 119 Å². The van der Waals surface area contributed by atoms with Crippen molar-refractivity contribution in [3.63, 3.8) is 0 Å². The molecule has 0 atom stereocenters. The number of rotatable bonds is 35. The van der Waals surface area contributed by atoms with E-state index >= 15 is 0 Å². The third-order valence-corrected chi connectivity index (χ3v) is 8.17. The Balaban J connectivity index is 1.20. The van der Waals surface area contributed by atoms with Crippen molar-refractivity contribution in [3.05, 3.63) is 35.4 Å². The fourth-order valence-electron chi connectivity index (χ4n) is 5.37. The van der Waals surface area contributed by atoms with Gasteiger partial charge in [0.05, 0.1) is 97.0 Å². The van der Waals surface area contributed by atoms with Crippen molar-refractivity contribution in [2.75, 3.05) is 92.4 Å². The molecule has 0 N–H and O–H groups in total. The second kappa shape index (κ2) is 30.4. The van der Waals surface area contributed by atoms with Gasteiger partial charge in [0.25, 0.3) is 11.8 Å². The highest BCUT2D eigenvalue weighted by atomic mass is 16.6. The van der Waals surface area contributed by atoms with Crippen LogP contribution < -0.4 is 0 Å². The molecule has 0 saturated heterocycles. The fourth-order valence-corrected chi connectivity index (χ4v) is 5.37. The summed E-state index contributed by atoms with van der Waals surface area (Å²) in [4.78, 5) is 37.7. The Bertz CT molecular complexity index is 956. The van der Waals surface area contributed by atoms with E-state index in [4.69, 9.17) is 33.2 Å². The van der Waals surface area contributed by atoms with Crippen LogP contribution in [0.2, 0.25) is 0 Å². The number of imide groups is 1. The van der Waals surface area contributed by atoms with Crippen LogP contribution in [0, 0.1) is 0 Å². The molecule has 2 rings (SSSR count). The van der Waals surface area contributed by atoms with E-state index in [9.17, 15) is 14.4 Å². The number of ether oxygens (including phenoxy) is 7. The summed E-state index contributed by atoms with van der Waals surface area (Å²) in [5.41, 5.74) is 0.886. The van der Waals surface area contributed by atoms with Gasteiger partial charge in [0.2, 0.25) is 0 Å². The molecule has 1 heterocycles. The molecule has 0 bridgehead atoms. The molecule has 2 amide bonds. The number of benzene rings is 1. The van der Waals surface area contributed by atoms with E-state index in [0.29, 0.717) is 90.2 Å². The van der Waals surface area contributed by atoms with Crippen LogP contribution in [0.3, 0.4) is 0 Å². The average molecular weight is 694 g/mol. The quantitative estimate of drug-likeness (QED) is 0.0449. The van der Waals surface area contributed by atoms with Crippen molar-refractivity contribution in [2.45, 2.75) is 96.8 Å². The molecule has 11 nitrogen and oxygen atoms in total. The van der Waals surface area contributed by atoms with Gasteiger partial charge in [-0.2, -0.15) is 0 Å². The average Bonchev–Trinajstić information content (AvgIpc) is 3.35. The first-order valence-corrected chi connectivity index (χ1v) is 18.7. The molecule has 0 fully saturated rings. The first-order chi connectivity index (χ1) is 24.1. The highest BCUT2D eigenvalue weighted by Gasteiger charge is 2.34. The Morgan fingerprint density at radius 3 is 1.24 bits per heavy atom. The van der Waals surface area contributed by atoms with Crippen LogP contribution in [0.15, 0.2) is 24.3 Å². The van der Waals surface area contributed by atoms with E-state index in [1.165, 1.54) is 75.5 Å². The number of nitrogens with zero attached hydrogens (tertiary/aromatic N) is 1. The minimum atomic E-state index is -0.277. The van der Waals surface area contributed by atoms with Crippen LogP contribution in [0.4, 0.5) is 0 Å². The number of hydrogen-bond donors (Lipinski definition) is 0. The Morgan fingerprint density at radius 1 is 0.490 bits per heavy atom. The normalized spacial score (nSPS) is 12.6. The van der Waals surface area contributed by atoms with Gasteiger partial charge in [-0.3, -0.25) is 19.3 Å². The maximum absolute atomic E-state index is 12.3. The summed E-state index contributed by atoms with van der Waals surface area (Å²) in [6.07, 6.45) is 17.3. The molecular weight excluding hydrogens is 630 g/mol. The number of carbonyl (C=O) groups excluding carboxylic acids is 3. The smallest absolute Gasteiger partial charge is 0.305 e. The van der Waals surface area contributed by atoms with Gasteiger partial charge in [-0.25, -0.2) is 0 Å². The van der Waals surface area contributed by atoms with E-state index in [-0.39, 0.29) is 37.5 Å². The summed E-state index contributed by atoms with van der Waals surface area (Å²) in [6, 6.07) is 6.82. The van der Waals surface area contributed by atoms with E-state index in [1.54, 1.807) is 24.3 Å². The van der Waals surface area contributed by atoms with Crippen LogP contribution in [0.5, 0.6) is 0 Å². The fraction of sp³-hybridized carbons (Fsp3) is 0.763. The molecule has 280 valence electrons. The summed E-state index contributed by atoms with van der Waals surface area (Å²) < 4.78 is 38.1. The number of esters is 1. The maximum atomic E-state index is 12.3. The van der Waals surface area contributed by atoms with Crippen molar-refractivity contribution in [2.24, 2.45) is 0 Å². The maximum Gasteiger partial charge on any atom is 0.305 e. The molecule has 0 radical (unpaired) electrons. The summed E-state index contributed by atoms with van der Waals surface area (Å²) in [7, 11) is 0. The standard InChI is InChI=1S/C38H63NO10/c1-2-3-4-5-6-7-8-9-10-11-12-13-14-19-36(40)49-33-32-48-31-30-47-29-28-46-27-26-45-25-24-44-23-22-43-21-20-39-37(41)34-17-15-16-18-35(34)38(39)42/h15-18H,2-14,19-33H2,1H3. The van der Waals surface area contributed by atoms with E-state index in [1.807, 2.05) is 0 Å². The highest BCUT2D eigenvalue weighted by molar-refractivity contribution is 6.21. The summed E-state index contributed by atoms with van der Waals surface area (Å²) in [5.74, 6) is -0.694. The van der Waals surface area contributed by atoms with Crippen LogP contribution in [0.25, 0.3) is 0 Å². The van der Waals surface area contributed by atoms with Gasteiger partial charge >= 0.3 is 5.97 Å². The van der Waals surface area contributed by atoms with Crippen LogP contribution in [-0.4, -0.2) is 115 Å². The lowest BCUT2D eigenvalue weighted by atomic mass is 10.0. The van der Waals surface area contributed by atoms with Crippen molar-refractivity contribution < 1.29 is 47.5 Å². The first kappa shape index (κ1) is 42.8. The molecule has 11 heteroatoms. The van der Waals surface area contributed by atoms with Gasteiger partial charge in [-0.05, 0) is 18.6 Å². The SMILES string of the molecule is CCCCCCCCCCCCCCCC(=O)OCCOCCOCCOCCOCCOCCOCCN1C(=O)c2ccccc2C1=O. The van der Waals surface area contributed by atoms with Gasteiger partial charge in [-0.15, -0.1) is 0 Å². The molecule has 1 aromatic rings. The second-order valence-electron chi connectivity index (χ2n) is 12.2. The molecule has 0 aromatic heterocycles. The predicted octanol–water partition coefficient (Wildman–Crippen LogP) is 6.41. The Morgan fingerprint density at radius 2 is 0.837 bits per heavy atom. The Hall–Kier alpha value is -2.41. The molecule has 49 heavy (non-hydrogen) atoms. The molecule has 0 saturated carbocycles. The molecular formula is C38H63NO10. The minimum absolute atomic E-state index is 0.141. The van der Waals surface area contributed by atoms with Crippen LogP contribution in [0.1, 0.15) is 118 Å². The Labute approximate surface area is 294 Å². The van der Waals surface area contributed by atoms with Crippen LogP contribution in [-0.2, 0) is 38.0 Å². The van der Waals surface area contributed by atoms with Gasteiger partial charge < -0.3 is 33.2 Å². The van der Waals surface area contributed by atoms with Crippen molar-refractivity contribution >= 4 is 17.8 Å². The first-order valence-electron chi connectivity index (χ1n) is 18.7. The zero-order valence-electron chi connectivity index (χ0n) is 30.1. The van der Waals surface area contributed by atoms with Gasteiger partial charge in [0.1, 0.15) is 6.61 Å². The monoisotopic (exact) mass is 693 g/mol. The van der Waals surface area contributed by atoms with Gasteiger partial charge in [-0.1, -0.05) is 96.1 Å². The second-order valence-corrected chi connectivity index (χ2v) is 12.2. The van der Waals surface area contributed by atoms with Crippen molar-refractivity contribution in [1.29, 1.82) is 0 Å². The number of carbonyl (C=O) groups is 3. The third kappa shape index (κ3) is 21.4. The predicted molar refractivity (Wildman–Crippen MR) is 188 cm³/mol. The summed E-state index contributed by atoms with van der Waals surface area (Å²) >= 11 is 0. The summed E-state index contributed by atoms with van der Waals surface area (Å²) in [6.45, 7) is 7.78. The molecule has 0 spiro atoms. The zero-order chi connectivity index (χ0) is 35.0. The zero-order valence-corrected chi connectivity index (χ0v) is 30.1. The van der Waals surface area contributed by atoms with Crippen LogP contribution >= 0.6 is 0 Å². The highest BCUT2D eigenvalue weighted by Crippen LogP contribution is 2.22. The lowest BCUT2D eigenvalue weighted by Crippen LogP contribution is -2.33. The van der Waals surface area contributed by atoms with E-state index in [2.05, 4.69) is 6.92 Å². The molecule has 1 aliphatic heterocycles. The minimum Gasteiger partial charge on any atom is -0.463 e. The van der Waals surface area contributed by atoms with Crippen molar-refractivity contribution in [1.82, 2.24) is 4.90 Å². The molecule has 1 aliphatic rings. The number of fused-ring (bicyclic) bond motifs is 1. The lowest BCUT2D eigenvalue weighted by Gasteiger charge is -2.13. The third-order valence-electron chi connectivity index (χ3n) is 8.17. The summed E-state index contributed by atoms with van der Waals surface area (Å²) in [5, 5.41) is 0. The van der Waals surface area contributed by atoms with Crippen molar-refractivity contribution in [3.8, 4) is 0 Å². The van der Waals surface area contributed by atoms with E-state index < -0.39 is 0 Å². The molecule has 0 aliphatic carbocycles. The number of unbranched alkanes of at least 4 members (excludes halogenated alkanes) is 12. The molecule has 1 aromatic carbocycles. The van der Waals surface area contributed by atoms with E-state index in [0.717, 1.165) is 12.8 Å². The lowest BCUT2D eigenvalue weighted by molar-refractivity contribution is -0.145. The molecule has 0 unspecified atom stereocenters. The number of amides is 2. The Kier molecular flexibility index (Phi) is 26.5.